The first-order chi connectivity index (χ1) is 9.49. The van der Waals surface area contributed by atoms with E-state index in [1.807, 2.05) is 6.92 Å². The van der Waals surface area contributed by atoms with Crippen molar-refractivity contribution in [3.8, 4) is 0 Å². The molecule has 1 saturated carbocycles. The van der Waals surface area contributed by atoms with E-state index in [0.29, 0.717) is 0 Å². The zero-order valence-corrected chi connectivity index (χ0v) is 13.2. The standard InChI is InChI=1S/C16H30N2O2/c1-4-17-16(15(19)20)8-5-6-14(16)7-9-18-10-12(2)13(3)11-18/h12-14,17H,4-11H2,1-3H3,(H,19,20). The number of hydrogen-bond acceptors (Lipinski definition) is 3. The summed E-state index contributed by atoms with van der Waals surface area (Å²) in [7, 11) is 0. The number of likely N-dealkylation sites (tertiary alicyclic amines) is 1. The molecule has 4 unspecified atom stereocenters. The van der Waals surface area contributed by atoms with Crippen molar-refractivity contribution in [3.63, 3.8) is 0 Å². The normalized spacial score (nSPS) is 38.5. The number of rotatable bonds is 6. The minimum atomic E-state index is -0.661. The predicted octanol–water partition coefficient (Wildman–Crippen LogP) is 2.20. The van der Waals surface area contributed by atoms with Crippen molar-refractivity contribution in [2.45, 2.75) is 52.0 Å². The average Bonchev–Trinajstić information content (AvgIpc) is 2.93. The van der Waals surface area contributed by atoms with Gasteiger partial charge in [0.05, 0.1) is 0 Å². The number of aliphatic carboxylic acids is 1. The van der Waals surface area contributed by atoms with E-state index in [1.165, 1.54) is 13.1 Å². The van der Waals surface area contributed by atoms with Crippen molar-refractivity contribution in [3.05, 3.63) is 0 Å². The molecule has 0 spiro atoms. The molecule has 2 aliphatic rings. The first-order valence-corrected chi connectivity index (χ1v) is 8.20. The summed E-state index contributed by atoms with van der Waals surface area (Å²) in [6.07, 6.45) is 3.89. The Morgan fingerprint density at radius 3 is 2.55 bits per heavy atom. The highest BCUT2D eigenvalue weighted by molar-refractivity contribution is 5.79. The van der Waals surface area contributed by atoms with Crippen LogP contribution in [-0.2, 0) is 4.79 Å². The second kappa shape index (κ2) is 6.44. The van der Waals surface area contributed by atoms with Crippen LogP contribution >= 0.6 is 0 Å². The van der Waals surface area contributed by atoms with E-state index >= 15 is 0 Å². The van der Waals surface area contributed by atoms with E-state index in [1.54, 1.807) is 0 Å². The van der Waals surface area contributed by atoms with Gasteiger partial charge in [0.15, 0.2) is 0 Å². The Kier molecular flexibility index (Phi) is 5.08. The number of likely N-dealkylation sites (N-methyl/N-ethyl adjacent to an activating group) is 1. The van der Waals surface area contributed by atoms with Gasteiger partial charge in [0.25, 0.3) is 0 Å². The third-order valence-electron chi connectivity index (χ3n) is 5.55. The molecule has 2 rings (SSSR count). The van der Waals surface area contributed by atoms with Gasteiger partial charge in [-0.05, 0) is 50.1 Å². The van der Waals surface area contributed by atoms with Crippen LogP contribution in [0.25, 0.3) is 0 Å². The second-order valence-corrected chi connectivity index (χ2v) is 6.90. The Hall–Kier alpha value is -0.610. The maximum atomic E-state index is 11.7. The summed E-state index contributed by atoms with van der Waals surface area (Å²) >= 11 is 0. The number of nitrogens with one attached hydrogen (secondary N) is 1. The van der Waals surface area contributed by atoms with Crippen molar-refractivity contribution in [1.82, 2.24) is 10.2 Å². The third kappa shape index (κ3) is 3.01. The van der Waals surface area contributed by atoms with Crippen LogP contribution in [0.15, 0.2) is 0 Å². The molecule has 1 aliphatic carbocycles. The van der Waals surface area contributed by atoms with Gasteiger partial charge in [-0.15, -0.1) is 0 Å². The highest BCUT2D eigenvalue weighted by Crippen LogP contribution is 2.38. The molecule has 116 valence electrons. The number of nitrogens with zero attached hydrogens (tertiary/aromatic N) is 1. The molecule has 2 N–H and O–H groups in total. The molecule has 20 heavy (non-hydrogen) atoms. The highest BCUT2D eigenvalue weighted by atomic mass is 16.4. The Morgan fingerprint density at radius 1 is 1.35 bits per heavy atom. The lowest BCUT2D eigenvalue weighted by molar-refractivity contribution is -0.146. The summed E-state index contributed by atoms with van der Waals surface area (Å²) in [5.41, 5.74) is -0.661. The van der Waals surface area contributed by atoms with Crippen molar-refractivity contribution in [2.75, 3.05) is 26.2 Å². The van der Waals surface area contributed by atoms with Gasteiger partial charge in [-0.2, -0.15) is 0 Å². The molecule has 0 aromatic rings. The van der Waals surface area contributed by atoms with Gasteiger partial charge in [-0.1, -0.05) is 27.2 Å². The van der Waals surface area contributed by atoms with Gasteiger partial charge in [0.2, 0.25) is 0 Å². The molecule has 0 bridgehead atoms. The summed E-state index contributed by atoms with van der Waals surface area (Å²) in [5.74, 6) is 1.18. The SMILES string of the molecule is CCNC1(C(=O)O)CCCC1CCN1CC(C)C(C)C1. The minimum absolute atomic E-state index is 0.283. The van der Waals surface area contributed by atoms with Crippen molar-refractivity contribution in [2.24, 2.45) is 17.8 Å². The van der Waals surface area contributed by atoms with Gasteiger partial charge in [0, 0.05) is 13.1 Å². The largest absolute Gasteiger partial charge is 0.480 e. The summed E-state index contributed by atoms with van der Waals surface area (Å²) < 4.78 is 0. The number of carboxylic acid groups (broad SMARTS) is 1. The minimum Gasteiger partial charge on any atom is -0.480 e. The molecule has 0 aromatic heterocycles. The van der Waals surface area contributed by atoms with Crippen LogP contribution in [-0.4, -0.2) is 47.7 Å². The predicted molar refractivity (Wildman–Crippen MR) is 80.8 cm³/mol. The quantitative estimate of drug-likeness (QED) is 0.784. The number of carboxylic acids is 1. The maximum Gasteiger partial charge on any atom is 0.324 e. The summed E-state index contributed by atoms with van der Waals surface area (Å²) in [6, 6.07) is 0. The average molecular weight is 282 g/mol. The van der Waals surface area contributed by atoms with Crippen LogP contribution in [0, 0.1) is 17.8 Å². The molecule has 0 amide bonds. The lowest BCUT2D eigenvalue weighted by Gasteiger charge is -2.33. The van der Waals surface area contributed by atoms with Crippen LogP contribution in [0.5, 0.6) is 0 Å². The monoisotopic (exact) mass is 282 g/mol. The van der Waals surface area contributed by atoms with E-state index in [9.17, 15) is 9.90 Å². The topological polar surface area (TPSA) is 52.6 Å². The molecule has 0 aromatic carbocycles. The first kappa shape index (κ1) is 15.8. The Bertz CT molecular complexity index is 337. The molecular weight excluding hydrogens is 252 g/mol. The van der Waals surface area contributed by atoms with Crippen LogP contribution in [0.2, 0.25) is 0 Å². The molecule has 4 atom stereocenters. The molecule has 1 saturated heterocycles. The van der Waals surface area contributed by atoms with Gasteiger partial charge < -0.3 is 15.3 Å². The molecule has 1 heterocycles. The van der Waals surface area contributed by atoms with Gasteiger partial charge in [0.1, 0.15) is 5.54 Å². The van der Waals surface area contributed by atoms with E-state index < -0.39 is 11.5 Å². The zero-order valence-electron chi connectivity index (χ0n) is 13.2. The van der Waals surface area contributed by atoms with Crippen LogP contribution in [0.1, 0.15) is 46.5 Å². The van der Waals surface area contributed by atoms with Gasteiger partial charge >= 0.3 is 5.97 Å². The maximum absolute atomic E-state index is 11.7. The lowest BCUT2D eigenvalue weighted by Crippen LogP contribution is -2.55. The third-order valence-corrected chi connectivity index (χ3v) is 5.55. The van der Waals surface area contributed by atoms with Crippen LogP contribution < -0.4 is 5.32 Å². The molecule has 4 nitrogen and oxygen atoms in total. The first-order valence-electron chi connectivity index (χ1n) is 8.20. The van der Waals surface area contributed by atoms with Crippen LogP contribution in [0.3, 0.4) is 0 Å². The van der Waals surface area contributed by atoms with Crippen molar-refractivity contribution >= 4 is 5.97 Å². The zero-order chi connectivity index (χ0) is 14.8. The summed E-state index contributed by atoms with van der Waals surface area (Å²) in [4.78, 5) is 14.3. The van der Waals surface area contributed by atoms with E-state index in [-0.39, 0.29) is 5.92 Å². The molecule has 2 fully saturated rings. The van der Waals surface area contributed by atoms with Gasteiger partial charge in [-0.3, -0.25) is 4.79 Å². The van der Waals surface area contributed by atoms with E-state index in [2.05, 4.69) is 24.1 Å². The van der Waals surface area contributed by atoms with E-state index in [4.69, 9.17) is 0 Å². The van der Waals surface area contributed by atoms with Crippen LogP contribution in [0.4, 0.5) is 0 Å². The fraction of sp³-hybridized carbons (Fsp3) is 0.938. The summed E-state index contributed by atoms with van der Waals surface area (Å²) in [6.45, 7) is 10.8. The van der Waals surface area contributed by atoms with Crippen molar-refractivity contribution in [1.29, 1.82) is 0 Å². The smallest absolute Gasteiger partial charge is 0.324 e. The Balaban J connectivity index is 1.92. The number of hydrogen-bond donors (Lipinski definition) is 2. The summed E-state index contributed by atoms with van der Waals surface area (Å²) in [5, 5.41) is 12.9. The van der Waals surface area contributed by atoms with Crippen molar-refractivity contribution < 1.29 is 9.90 Å². The molecule has 4 heteroatoms. The lowest BCUT2D eigenvalue weighted by atomic mass is 9.84. The number of carbonyl (C=O) groups is 1. The Morgan fingerprint density at radius 2 is 2.00 bits per heavy atom. The molecule has 0 radical (unpaired) electrons. The fourth-order valence-electron chi connectivity index (χ4n) is 4.14. The molecule has 1 aliphatic heterocycles. The Labute approximate surface area is 122 Å². The molecular formula is C16H30N2O2. The second-order valence-electron chi connectivity index (χ2n) is 6.90. The fourth-order valence-corrected chi connectivity index (χ4v) is 4.14. The van der Waals surface area contributed by atoms with Gasteiger partial charge in [-0.25, -0.2) is 0 Å². The highest BCUT2D eigenvalue weighted by Gasteiger charge is 2.48. The van der Waals surface area contributed by atoms with E-state index in [0.717, 1.165) is 50.6 Å².